The second-order valence-corrected chi connectivity index (χ2v) is 5.21. The maximum absolute atomic E-state index is 8.38. The number of halogens is 1. The summed E-state index contributed by atoms with van der Waals surface area (Å²) in [6.45, 7) is 3.93. The first-order valence-electron chi connectivity index (χ1n) is 7.74. The number of hydrogen-bond donors (Lipinski definition) is 1. The van der Waals surface area contributed by atoms with Gasteiger partial charge in [-0.15, -0.1) is 17.0 Å². The number of imidazole rings is 1. The highest BCUT2D eigenvalue weighted by Crippen LogP contribution is 2.25. The standard InChI is InChI=1S/C18H21N3O2.BrH/c1-3-20-14-8-4-5-9-15(14)21(18(20)19)12-13-23-17-11-7-6-10-16(17)22-2;/h4-11,19H,3,12-13H2,1-2H3;1H. The van der Waals surface area contributed by atoms with E-state index in [2.05, 4.69) is 13.0 Å². The van der Waals surface area contributed by atoms with Crippen molar-refractivity contribution >= 4 is 28.0 Å². The normalized spacial score (nSPS) is 10.4. The van der Waals surface area contributed by atoms with Gasteiger partial charge in [-0.25, -0.2) is 0 Å². The molecule has 3 rings (SSSR count). The predicted molar refractivity (Wildman–Crippen MR) is 100 cm³/mol. The van der Waals surface area contributed by atoms with Crippen molar-refractivity contribution in [2.75, 3.05) is 13.7 Å². The number of aryl methyl sites for hydroxylation is 1. The van der Waals surface area contributed by atoms with E-state index in [9.17, 15) is 0 Å². The highest BCUT2D eigenvalue weighted by molar-refractivity contribution is 8.93. The van der Waals surface area contributed by atoms with E-state index in [1.54, 1.807) is 7.11 Å². The molecule has 0 aliphatic carbocycles. The molecule has 0 saturated heterocycles. The Labute approximate surface area is 151 Å². The fourth-order valence-corrected chi connectivity index (χ4v) is 2.83. The second kappa shape index (κ2) is 8.06. The number of benzene rings is 2. The van der Waals surface area contributed by atoms with Gasteiger partial charge in [0.05, 0.1) is 24.7 Å². The maximum atomic E-state index is 8.38. The zero-order chi connectivity index (χ0) is 16.2. The Morgan fingerprint density at radius 2 is 1.50 bits per heavy atom. The molecular formula is C18H22BrN3O2. The van der Waals surface area contributed by atoms with Crippen molar-refractivity contribution in [2.45, 2.75) is 20.0 Å². The van der Waals surface area contributed by atoms with Crippen LogP contribution in [0.4, 0.5) is 0 Å². The number of ether oxygens (including phenoxy) is 2. The second-order valence-electron chi connectivity index (χ2n) is 5.21. The minimum absolute atomic E-state index is 0. The lowest BCUT2D eigenvalue weighted by atomic mass is 10.3. The van der Waals surface area contributed by atoms with Crippen molar-refractivity contribution in [3.05, 3.63) is 54.1 Å². The van der Waals surface area contributed by atoms with Crippen LogP contribution < -0.4 is 15.1 Å². The molecule has 5 nitrogen and oxygen atoms in total. The van der Waals surface area contributed by atoms with Gasteiger partial charge in [-0.2, -0.15) is 0 Å². The molecule has 0 aliphatic rings. The van der Waals surface area contributed by atoms with Gasteiger partial charge in [0.25, 0.3) is 0 Å². The number of rotatable bonds is 6. The zero-order valence-corrected chi connectivity index (χ0v) is 15.6. The van der Waals surface area contributed by atoms with E-state index >= 15 is 0 Å². The van der Waals surface area contributed by atoms with Gasteiger partial charge in [0.2, 0.25) is 5.62 Å². The van der Waals surface area contributed by atoms with Crippen molar-refractivity contribution in [3.63, 3.8) is 0 Å². The van der Waals surface area contributed by atoms with Crippen LogP contribution in [0, 0.1) is 5.41 Å². The Morgan fingerprint density at radius 3 is 2.12 bits per heavy atom. The van der Waals surface area contributed by atoms with E-state index in [-0.39, 0.29) is 17.0 Å². The van der Waals surface area contributed by atoms with Crippen LogP contribution in [-0.4, -0.2) is 22.9 Å². The van der Waals surface area contributed by atoms with Gasteiger partial charge < -0.3 is 18.6 Å². The minimum atomic E-state index is 0. The zero-order valence-electron chi connectivity index (χ0n) is 13.9. The molecule has 0 bridgehead atoms. The first kappa shape index (κ1) is 18.1. The summed E-state index contributed by atoms with van der Waals surface area (Å²) in [7, 11) is 1.63. The molecule has 128 valence electrons. The minimum Gasteiger partial charge on any atom is -0.493 e. The molecule has 0 radical (unpaired) electrons. The van der Waals surface area contributed by atoms with Crippen LogP contribution in [0.3, 0.4) is 0 Å². The van der Waals surface area contributed by atoms with Gasteiger partial charge in [-0.1, -0.05) is 24.3 Å². The van der Waals surface area contributed by atoms with Crippen LogP contribution in [0.25, 0.3) is 11.0 Å². The van der Waals surface area contributed by atoms with Gasteiger partial charge in [0.1, 0.15) is 6.61 Å². The molecule has 6 heteroatoms. The first-order chi connectivity index (χ1) is 11.3. The third-order valence-electron chi connectivity index (χ3n) is 3.93. The number of aromatic nitrogens is 2. The topological polar surface area (TPSA) is 52.2 Å². The largest absolute Gasteiger partial charge is 0.493 e. The van der Waals surface area contributed by atoms with Gasteiger partial charge >= 0.3 is 0 Å². The van der Waals surface area contributed by atoms with E-state index < -0.39 is 0 Å². The van der Waals surface area contributed by atoms with E-state index in [0.29, 0.717) is 18.8 Å². The third-order valence-corrected chi connectivity index (χ3v) is 3.93. The molecule has 1 heterocycles. The maximum Gasteiger partial charge on any atom is 0.203 e. The van der Waals surface area contributed by atoms with Gasteiger partial charge in [-0.3, -0.25) is 5.41 Å². The average molecular weight is 392 g/mol. The Hall–Kier alpha value is -2.21. The number of methoxy groups -OCH3 is 1. The summed E-state index contributed by atoms with van der Waals surface area (Å²) in [4.78, 5) is 0. The van der Waals surface area contributed by atoms with Crippen molar-refractivity contribution in [2.24, 2.45) is 0 Å². The molecule has 0 aliphatic heterocycles. The fourth-order valence-electron chi connectivity index (χ4n) is 2.83. The monoisotopic (exact) mass is 391 g/mol. The van der Waals surface area contributed by atoms with Crippen LogP contribution in [0.15, 0.2) is 48.5 Å². The molecule has 3 aromatic rings. The van der Waals surface area contributed by atoms with Gasteiger partial charge in [0, 0.05) is 6.54 Å². The van der Waals surface area contributed by atoms with Crippen LogP contribution in [0.2, 0.25) is 0 Å². The summed E-state index contributed by atoms with van der Waals surface area (Å²) in [6.07, 6.45) is 0. The lowest BCUT2D eigenvalue weighted by Gasteiger charge is -2.11. The highest BCUT2D eigenvalue weighted by Gasteiger charge is 2.09. The first-order valence-corrected chi connectivity index (χ1v) is 7.74. The Balaban J connectivity index is 0.00000208. The molecule has 24 heavy (non-hydrogen) atoms. The quantitative estimate of drug-likeness (QED) is 0.697. The molecule has 0 amide bonds. The van der Waals surface area contributed by atoms with Crippen LogP contribution in [0.5, 0.6) is 11.5 Å². The summed E-state index contributed by atoms with van der Waals surface area (Å²) < 4.78 is 15.1. The lowest BCUT2D eigenvalue weighted by molar-refractivity contribution is 0.278. The van der Waals surface area contributed by atoms with E-state index in [4.69, 9.17) is 14.9 Å². The summed E-state index contributed by atoms with van der Waals surface area (Å²) in [5, 5.41) is 8.38. The van der Waals surface area contributed by atoms with Crippen molar-refractivity contribution in [3.8, 4) is 11.5 Å². The van der Waals surface area contributed by atoms with Crippen LogP contribution in [0.1, 0.15) is 6.92 Å². The lowest BCUT2D eigenvalue weighted by Crippen LogP contribution is -2.26. The summed E-state index contributed by atoms with van der Waals surface area (Å²) >= 11 is 0. The average Bonchev–Trinajstić information content (AvgIpc) is 2.87. The number of fused-ring (bicyclic) bond motifs is 1. The number of hydrogen-bond acceptors (Lipinski definition) is 3. The molecule has 0 fully saturated rings. The fraction of sp³-hybridized carbons (Fsp3) is 0.278. The van der Waals surface area contributed by atoms with Crippen LogP contribution >= 0.6 is 17.0 Å². The Morgan fingerprint density at radius 1 is 0.917 bits per heavy atom. The molecule has 1 N–H and O–H groups in total. The molecule has 0 unspecified atom stereocenters. The molecule has 2 aromatic carbocycles. The van der Waals surface area contributed by atoms with E-state index in [0.717, 1.165) is 29.1 Å². The Bertz CT molecular complexity index is 870. The highest BCUT2D eigenvalue weighted by atomic mass is 79.9. The van der Waals surface area contributed by atoms with Gasteiger partial charge in [0.15, 0.2) is 11.5 Å². The van der Waals surface area contributed by atoms with Crippen molar-refractivity contribution < 1.29 is 9.47 Å². The molecule has 1 aromatic heterocycles. The SMILES string of the molecule is Br.CCn1c(=N)n(CCOc2ccccc2OC)c2ccccc21. The predicted octanol–water partition coefficient (Wildman–Crippen LogP) is 3.61. The van der Waals surface area contributed by atoms with Crippen LogP contribution in [-0.2, 0) is 13.1 Å². The van der Waals surface area contributed by atoms with Crippen molar-refractivity contribution in [1.29, 1.82) is 5.41 Å². The molecule has 0 saturated carbocycles. The molecule has 0 atom stereocenters. The number of nitrogens with one attached hydrogen (secondary N) is 1. The van der Waals surface area contributed by atoms with E-state index in [1.165, 1.54) is 0 Å². The molecular weight excluding hydrogens is 370 g/mol. The summed E-state index contributed by atoms with van der Waals surface area (Å²) in [5.41, 5.74) is 2.64. The summed E-state index contributed by atoms with van der Waals surface area (Å²) in [5.74, 6) is 1.45. The van der Waals surface area contributed by atoms with E-state index in [1.807, 2.05) is 51.6 Å². The summed E-state index contributed by atoms with van der Waals surface area (Å²) in [6, 6.07) is 15.7. The third kappa shape index (κ3) is 3.33. The number of para-hydroxylation sites is 4. The number of nitrogens with zero attached hydrogens (tertiary/aromatic N) is 2. The van der Waals surface area contributed by atoms with Crippen molar-refractivity contribution in [1.82, 2.24) is 9.13 Å². The smallest absolute Gasteiger partial charge is 0.203 e. The Kier molecular flexibility index (Phi) is 6.09. The van der Waals surface area contributed by atoms with Gasteiger partial charge in [-0.05, 0) is 31.2 Å². The molecule has 0 spiro atoms.